The number of rotatable bonds is 11. The number of aliphatic carboxylic acids is 1. The molecule has 0 unspecified atom stereocenters. The van der Waals surface area contributed by atoms with Gasteiger partial charge in [-0.3, -0.25) is 4.79 Å². The van der Waals surface area contributed by atoms with Gasteiger partial charge in [-0.15, -0.1) is 5.10 Å². The number of ether oxygens (including phenoxy) is 1. The molecule has 0 aliphatic heterocycles. The molecule has 3 N–H and O–H groups in total. The Kier molecular flexibility index (Phi) is 8.70. The number of aryl methyl sites for hydroxylation is 2. The van der Waals surface area contributed by atoms with E-state index in [1.54, 1.807) is 11.7 Å². The zero-order valence-corrected chi connectivity index (χ0v) is 22.2. The summed E-state index contributed by atoms with van der Waals surface area (Å²) >= 11 is 0. The fraction of sp³-hybridized carbons (Fsp3) is 0.538. The number of carbonyl (C=O) groups is 1. The number of hydrogen-bond acceptors (Lipinski definition) is 9. The van der Waals surface area contributed by atoms with Gasteiger partial charge in [-0.05, 0) is 57.1 Å². The first kappa shape index (κ1) is 27.2. The van der Waals surface area contributed by atoms with Crippen molar-refractivity contribution < 1.29 is 19.0 Å². The summed E-state index contributed by atoms with van der Waals surface area (Å²) in [7, 11) is 1.78. The van der Waals surface area contributed by atoms with Crippen molar-refractivity contribution in [2.24, 2.45) is 18.9 Å². The number of anilines is 2. The van der Waals surface area contributed by atoms with Crippen molar-refractivity contribution >= 4 is 17.7 Å². The lowest BCUT2D eigenvalue weighted by Crippen LogP contribution is -2.29. The van der Waals surface area contributed by atoms with Gasteiger partial charge in [-0.2, -0.15) is 4.98 Å². The Bertz CT molecular complexity index is 1270. The van der Waals surface area contributed by atoms with E-state index in [0.29, 0.717) is 54.7 Å². The largest absolute Gasteiger partial charge is 0.489 e. The first-order valence-electron chi connectivity index (χ1n) is 13.0. The number of carboxylic acids is 1. The lowest BCUT2D eigenvalue weighted by Gasteiger charge is -2.27. The topological polar surface area (TPSA) is 140 Å². The minimum absolute atomic E-state index is 0.145. The molecule has 4 rings (SSSR count). The van der Waals surface area contributed by atoms with Crippen molar-refractivity contribution in [3.05, 3.63) is 35.5 Å². The predicted octanol–water partition coefficient (Wildman–Crippen LogP) is 4.21. The van der Waals surface area contributed by atoms with Crippen LogP contribution in [0.15, 0.2) is 18.3 Å². The van der Waals surface area contributed by atoms with Crippen LogP contribution in [0.3, 0.4) is 0 Å². The SMILES string of the molecule is Cc1nc(-c2nnn(C)c2CNc2ncc(F)c(NCCC(C)C)n2)ccc1O[C@H]1CCC[C@H](C(=O)O)C1. The maximum atomic E-state index is 14.1. The second-order valence-corrected chi connectivity index (χ2v) is 10.1. The molecule has 3 aromatic heterocycles. The molecule has 0 aromatic carbocycles. The molecule has 204 valence electrons. The van der Waals surface area contributed by atoms with Gasteiger partial charge in [-0.25, -0.2) is 19.0 Å². The summed E-state index contributed by atoms with van der Waals surface area (Å²) in [5.74, 6) is -0.0702. The maximum absolute atomic E-state index is 14.1. The summed E-state index contributed by atoms with van der Waals surface area (Å²) in [4.78, 5) is 24.4. The number of nitrogens with zero attached hydrogens (tertiary/aromatic N) is 6. The van der Waals surface area contributed by atoms with Crippen LogP contribution in [0.5, 0.6) is 5.75 Å². The second-order valence-electron chi connectivity index (χ2n) is 10.1. The highest BCUT2D eigenvalue weighted by Gasteiger charge is 2.28. The molecular formula is C26H35FN8O3. The minimum Gasteiger partial charge on any atom is -0.489 e. The molecule has 1 aliphatic carbocycles. The predicted molar refractivity (Wildman–Crippen MR) is 140 cm³/mol. The molecule has 38 heavy (non-hydrogen) atoms. The Hall–Kier alpha value is -3.83. The van der Waals surface area contributed by atoms with Crippen molar-refractivity contribution in [2.75, 3.05) is 17.2 Å². The molecule has 3 heterocycles. The van der Waals surface area contributed by atoms with Gasteiger partial charge < -0.3 is 20.5 Å². The molecule has 1 saturated carbocycles. The molecule has 0 bridgehead atoms. The van der Waals surface area contributed by atoms with Crippen molar-refractivity contribution in [2.45, 2.75) is 65.5 Å². The van der Waals surface area contributed by atoms with E-state index in [1.165, 1.54) is 0 Å². The fourth-order valence-electron chi connectivity index (χ4n) is 4.45. The number of carboxylic acid groups (broad SMARTS) is 1. The number of nitrogens with one attached hydrogen (secondary N) is 2. The van der Waals surface area contributed by atoms with E-state index in [0.717, 1.165) is 31.2 Å². The third kappa shape index (κ3) is 6.73. The van der Waals surface area contributed by atoms with Crippen LogP contribution in [-0.2, 0) is 18.4 Å². The molecule has 2 atom stereocenters. The first-order chi connectivity index (χ1) is 18.2. The second kappa shape index (κ2) is 12.1. The Labute approximate surface area is 221 Å². The fourth-order valence-corrected chi connectivity index (χ4v) is 4.45. The van der Waals surface area contributed by atoms with Crippen LogP contribution in [0.1, 0.15) is 57.3 Å². The summed E-state index contributed by atoms with van der Waals surface area (Å²) in [6.07, 6.45) is 4.74. The van der Waals surface area contributed by atoms with Crippen LogP contribution in [0.2, 0.25) is 0 Å². The molecule has 0 radical (unpaired) electrons. The highest BCUT2D eigenvalue weighted by Crippen LogP contribution is 2.30. The molecule has 1 fully saturated rings. The van der Waals surface area contributed by atoms with E-state index in [1.807, 2.05) is 19.1 Å². The zero-order chi connectivity index (χ0) is 27.2. The van der Waals surface area contributed by atoms with Gasteiger partial charge in [0.05, 0.1) is 41.8 Å². The molecule has 12 heteroatoms. The van der Waals surface area contributed by atoms with Crippen molar-refractivity contribution in [3.63, 3.8) is 0 Å². The monoisotopic (exact) mass is 526 g/mol. The van der Waals surface area contributed by atoms with E-state index in [4.69, 9.17) is 4.74 Å². The van der Waals surface area contributed by atoms with E-state index in [9.17, 15) is 14.3 Å². The van der Waals surface area contributed by atoms with E-state index in [-0.39, 0.29) is 23.8 Å². The van der Waals surface area contributed by atoms with Crippen molar-refractivity contribution in [3.8, 4) is 17.1 Å². The Morgan fingerprint density at radius 2 is 2.08 bits per heavy atom. The normalized spacial score (nSPS) is 17.4. The lowest BCUT2D eigenvalue weighted by molar-refractivity contribution is -0.143. The van der Waals surface area contributed by atoms with E-state index < -0.39 is 11.8 Å². The lowest BCUT2D eigenvalue weighted by atomic mass is 9.87. The van der Waals surface area contributed by atoms with Gasteiger partial charge in [0.15, 0.2) is 11.6 Å². The summed E-state index contributed by atoms with van der Waals surface area (Å²) in [6.45, 7) is 6.98. The van der Waals surface area contributed by atoms with Crippen molar-refractivity contribution in [1.29, 1.82) is 0 Å². The Morgan fingerprint density at radius 3 is 2.82 bits per heavy atom. The highest BCUT2D eigenvalue weighted by atomic mass is 19.1. The number of halogens is 1. The highest BCUT2D eigenvalue weighted by molar-refractivity contribution is 5.70. The third-order valence-electron chi connectivity index (χ3n) is 6.66. The van der Waals surface area contributed by atoms with Crippen molar-refractivity contribution in [1.82, 2.24) is 29.9 Å². The van der Waals surface area contributed by atoms with E-state index >= 15 is 0 Å². The molecular weight excluding hydrogens is 491 g/mol. The molecule has 11 nitrogen and oxygen atoms in total. The Balaban J connectivity index is 1.44. The van der Waals surface area contributed by atoms with Gasteiger partial charge in [0, 0.05) is 13.6 Å². The summed E-state index contributed by atoms with van der Waals surface area (Å²) in [5.41, 5.74) is 2.66. The van der Waals surface area contributed by atoms with Gasteiger partial charge in [0.2, 0.25) is 5.95 Å². The van der Waals surface area contributed by atoms with Crippen LogP contribution in [-0.4, -0.2) is 53.7 Å². The van der Waals surface area contributed by atoms with Crippen LogP contribution >= 0.6 is 0 Å². The molecule has 1 aliphatic rings. The standard InChI is InChI=1S/C26H35FN8O3/c1-15(2)10-11-28-24-19(27)13-29-26(32-24)30-14-21-23(33-34-35(21)4)20-8-9-22(16(3)31-20)38-18-7-5-6-17(12-18)25(36)37/h8-9,13,15,17-18H,5-7,10-12,14H2,1-4H3,(H,36,37)(H2,28,29,30,32)/t17-,18-/m0/s1. The van der Waals surface area contributed by atoms with Crippen LogP contribution in [0.4, 0.5) is 16.2 Å². The molecule has 0 spiro atoms. The number of hydrogen-bond donors (Lipinski definition) is 3. The zero-order valence-electron chi connectivity index (χ0n) is 22.2. The molecule has 0 amide bonds. The van der Waals surface area contributed by atoms with Gasteiger partial charge >= 0.3 is 5.97 Å². The summed E-state index contributed by atoms with van der Waals surface area (Å²) in [6, 6.07) is 3.66. The van der Waals surface area contributed by atoms with Crippen LogP contribution in [0.25, 0.3) is 11.4 Å². The average Bonchev–Trinajstić information content (AvgIpc) is 3.25. The number of aromatic nitrogens is 6. The van der Waals surface area contributed by atoms with Crippen LogP contribution < -0.4 is 15.4 Å². The first-order valence-corrected chi connectivity index (χ1v) is 13.0. The van der Waals surface area contributed by atoms with Crippen LogP contribution in [0, 0.1) is 24.6 Å². The molecule has 3 aromatic rings. The molecule has 0 saturated heterocycles. The Morgan fingerprint density at radius 1 is 1.26 bits per heavy atom. The third-order valence-corrected chi connectivity index (χ3v) is 6.66. The van der Waals surface area contributed by atoms with Gasteiger partial charge in [0.1, 0.15) is 11.4 Å². The quantitative estimate of drug-likeness (QED) is 0.333. The summed E-state index contributed by atoms with van der Waals surface area (Å²) < 4.78 is 21.9. The minimum atomic E-state index is -0.767. The van der Waals surface area contributed by atoms with E-state index in [2.05, 4.69) is 49.7 Å². The average molecular weight is 527 g/mol. The van der Waals surface area contributed by atoms with Gasteiger partial charge in [0.25, 0.3) is 0 Å². The smallest absolute Gasteiger partial charge is 0.306 e. The van der Waals surface area contributed by atoms with Gasteiger partial charge in [-0.1, -0.05) is 19.1 Å². The number of pyridine rings is 1. The maximum Gasteiger partial charge on any atom is 0.306 e. The summed E-state index contributed by atoms with van der Waals surface area (Å²) in [5, 5.41) is 23.9.